The zero-order valence-electron chi connectivity index (χ0n) is 15.4. The molecule has 0 spiro atoms. The van der Waals surface area contributed by atoms with Crippen LogP contribution in [0.2, 0.25) is 4.71 Å². The van der Waals surface area contributed by atoms with Crippen LogP contribution in [0, 0.1) is 5.82 Å². The Hall–Kier alpha value is -2.31. The second-order valence-corrected chi connectivity index (χ2v) is 8.82. The van der Waals surface area contributed by atoms with Crippen LogP contribution in [0.4, 0.5) is 9.18 Å². The van der Waals surface area contributed by atoms with Crippen molar-refractivity contribution in [3.8, 4) is 11.5 Å². The molecule has 3 rings (SSSR count). The number of thioether (sulfide) groups is 1. The van der Waals surface area contributed by atoms with Gasteiger partial charge >= 0.3 is 137 Å². The minimum atomic E-state index is -0.557. The van der Waals surface area contributed by atoms with Crippen LogP contribution in [-0.2, 0) is 27.2 Å². The van der Waals surface area contributed by atoms with Crippen LogP contribution >= 0.6 is 11.8 Å². The summed E-state index contributed by atoms with van der Waals surface area (Å²) in [5.41, 5.74) is 1.52. The van der Waals surface area contributed by atoms with E-state index in [1.807, 2.05) is 0 Å². The molecular weight excluding hydrogens is 460 g/mol. The molecule has 2 radical (unpaired) electrons. The van der Waals surface area contributed by atoms with Gasteiger partial charge in [0, 0.05) is 0 Å². The molecule has 1 heterocycles. The summed E-state index contributed by atoms with van der Waals surface area (Å²) in [5.74, 6) is -0.706. The maximum absolute atomic E-state index is 14.4. The molecule has 1 aliphatic rings. The molecule has 1 aliphatic heterocycles. The zero-order chi connectivity index (χ0) is 21.0. The van der Waals surface area contributed by atoms with Crippen LogP contribution in [0.1, 0.15) is 11.1 Å². The third-order valence-corrected chi connectivity index (χ3v) is 6.04. The number of imide groups is 1. The Balaban J connectivity index is 1.62. The number of rotatable bonds is 7. The van der Waals surface area contributed by atoms with Crippen molar-refractivity contribution in [3.05, 3.63) is 59.4 Å². The van der Waals surface area contributed by atoms with Crippen molar-refractivity contribution in [3.63, 3.8) is 0 Å². The number of carbonyl (C=O) groups is 3. The van der Waals surface area contributed by atoms with Crippen LogP contribution in [0.5, 0.6) is 11.5 Å². The monoisotopic (exact) mass is 477 g/mol. The molecule has 1 unspecified atom stereocenters. The third kappa shape index (κ3) is 5.61. The van der Waals surface area contributed by atoms with E-state index in [1.165, 1.54) is 19.2 Å². The molecule has 1 saturated heterocycles. The first-order valence-electron chi connectivity index (χ1n) is 8.68. The fourth-order valence-corrected chi connectivity index (χ4v) is 4.28. The average Bonchev–Trinajstić information content (AvgIpc) is 3.01. The van der Waals surface area contributed by atoms with Crippen molar-refractivity contribution in [2.45, 2.75) is 22.8 Å². The van der Waals surface area contributed by atoms with Crippen molar-refractivity contribution in [1.82, 2.24) is 5.32 Å². The van der Waals surface area contributed by atoms with Gasteiger partial charge in [0.25, 0.3) is 5.24 Å². The fourth-order valence-electron chi connectivity index (χ4n) is 2.76. The van der Waals surface area contributed by atoms with E-state index in [2.05, 4.69) is 22.2 Å². The van der Waals surface area contributed by atoms with Crippen LogP contribution in [0.15, 0.2) is 42.5 Å². The van der Waals surface area contributed by atoms with E-state index in [1.54, 1.807) is 30.3 Å². The van der Waals surface area contributed by atoms with Crippen LogP contribution in [-0.4, -0.2) is 46.3 Å². The first kappa shape index (κ1) is 21.4. The summed E-state index contributed by atoms with van der Waals surface area (Å²) in [7, 11) is 1.35. The van der Waals surface area contributed by atoms with Gasteiger partial charge in [-0.1, -0.05) is 11.8 Å². The summed E-state index contributed by atoms with van der Waals surface area (Å²) in [6, 6.07) is 11.5. The van der Waals surface area contributed by atoms with Gasteiger partial charge in [0.15, 0.2) is 0 Å². The van der Waals surface area contributed by atoms with E-state index < -0.39 is 11.1 Å². The minimum absolute atomic E-state index is 0.0562. The van der Waals surface area contributed by atoms with Crippen molar-refractivity contribution in [2.24, 2.45) is 0 Å². The number of hydrogen-bond donors (Lipinski definition) is 1. The average molecular weight is 477 g/mol. The first-order chi connectivity index (χ1) is 13.9. The number of nitrogens with one attached hydrogen (secondary N) is 1. The third-order valence-electron chi connectivity index (χ3n) is 4.24. The predicted octanol–water partition coefficient (Wildman–Crippen LogP) is 3.18. The standard InChI is InChI=1S/C20H17AsFNO5S/c1-27-19(25)14(21)8-11-2-5-13(6-3-11)28-16-7-4-12(9-15(16)22)10-17-18(24)23-20(26)29-17/h2-7,9,14,17H,8,10H2,1H3,(H,23,24,26)/t14-,17?/m0/s1. The van der Waals surface area contributed by atoms with Gasteiger partial charge in [0.1, 0.15) is 0 Å². The topological polar surface area (TPSA) is 81.7 Å². The Kier molecular flexibility index (Phi) is 6.98. The van der Waals surface area contributed by atoms with Gasteiger partial charge < -0.3 is 0 Å². The summed E-state index contributed by atoms with van der Waals surface area (Å²) >= 11 is 3.19. The molecule has 0 aliphatic carbocycles. The summed E-state index contributed by atoms with van der Waals surface area (Å²) < 4.78 is 24.4. The molecular formula is C20H17AsFNO5S. The van der Waals surface area contributed by atoms with Crippen molar-refractivity contribution in [2.75, 3.05) is 7.11 Å². The summed E-state index contributed by atoms with van der Waals surface area (Å²) in [6.45, 7) is 0. The molecule has 2 aromatic carbocycles. The fraction of sp³-hybridized carbons (Fsp3) is 0.250. The maximum atomic E-state index is 14.4. The predicted molar refractivity (Wildman–Crippen MR) is 107 cm³/mol. The van der Waals surface area contributed by atoms with E-state index in [-0.39, 0.29) is 34.0 Å². The van der Waals surface area contributed by atoms with E-state index in [4.69, 9.17) is 9.47 Å². The Morgan fingerprint density at radius 3 is 2.48 bits per heavy atom. The normalized spacial score (nSPS) is 17.0. The molecule has 9 heteroatoms. The van der Waals surface area contributed by atoms with Crippen LogP contribution in [0.3, 0.4) is 0 Å². The molecule has 150 valence electrons. The van der Waals surface area contributed by atoms with Gasteiger partial charge in [-0.05, 0) is 0 Å². The molecule has 0 aromatic heterocycles. The van der Waals surface area contributed by atoms with Crippen molar-refractivity contribution in [1.29, 1.82) is 0 Å². The van der Waals surface area contributed by atoms with E-state index in [9.17, 15) is 18.8 Å². The number of amides is 2. The number of methoxy groups -OCH3 is 1. The molecule has 29 heavy (non-hydrogen) atoms. The van der Waals surface area contributed by atoms with E-state index in [0.717, 1.165) is 17.3 Å². The van der Waals surface area contributed by atoms with E-state index >= 15 is 0 Å². The molecule has 6 nitrogen and oxygen atoms in total. The molecule has 1 fully saturated rings. The summed E-state index contributed by atoms with van der Waals surface area (Å²) in [6.07, 6.45) is 0.760. The second-order valence-electron chi connectivity index (χ2n) is 6.34. The number of esters is 1. The second kappa shape index (κ2) is 9.46. The Labute approximate surface area is 180 Å². The van der Waals surface area contributed by atoms with Gasteiger partial charge in [-0.2, -0.15) is 0 Å². The summed E-state index contributed by atoms with van der Waals surface area (Å²) in [5, 5.41) is 1.28. The van der Waals surface area contributed by atoms with Crippen molar-refractivity contribution >= 4 is 45.7 Å². The number of halogens is 1. The van der Waals surface area contributed by atoms with Crippen LogP contribution in [0.25, 0.3) is 0 Å². The Morgan fingerprint density at radius 2 is 1.90 bits per heavy atom. The first-order valence-corrected chi connectivity index (χ1v) is 10.6. The van der Waals surface area contributed by atoms with Gasteiger partial charge in [-0.3, -0.25) is 14.9 Å². The number of ether oxygens (including phenoxy) is 2. The number of benzene rings is 2. The number of hydrogen-bond acceptors (Lipinski definition) is 6. The zero-order valence-corrected chi connectivity index (χ0v) is 18.1. The van der Waals surface area contributed by atoms with Crippen LogP contribution < -0.4 is 10.1 Å². The summed E-state index contributed by atoms with van der Waals surface area (Å²) in [4.78, 5) is 34.3. The molecule has 1 N–H and O–H groups in total. The van der Waals surface area contributed by atoms with Gasteiger partial charge in [0.05, 0.1) is 5.25 Å². The molecule has 0 saturated carbocycles. The number of carbonyl (C=O) groups excluding carboxylic acids is 3. The molecule has 0 bridgehead atoms. The Bertz CT molecular complexity index is 937. The van der Waals surface area contributed by atoms with Gasteiger partial charge in [-0.15, -0.1) is 0 Å². The Morgan fingerprint density at radius 1 is 1.21 bits per heavy atom. The van der Waals surface area contributed by atoms with Gasteiger partial charge in [-0.25, -0.2) is 0 Å². The molecule has 2 amide bonds. The molecule has 2 atom stereocenters. The quantitative estimate of drug-likeness (QED) is 0.488. The SMILES string of the molecule is COC(=O)[C@@H]([As])Cc1ccc(Oc2ccc(CC3SC(=O)NC3=O)cc2F)cc1. The van der Waals surface area contributed by atoms with Crippen molar-refractivity contribution < 1.29 is 28.2 Å². The van der Waals surface area contributed by atoms with E-state index in [0.29, 0.717) is 17.7 Å². The molecule has 2 aromatic rings. The van der Waals surface area contributed by atoms with Gasteiger partial charge in [0.2, 0.25) is 5.91 Å².